The van der Waals surface area contributed by atoms with Gasteiger partial charge in [-0.25, -0.2) is 0 Å². The van der Waals surface area contributed by atoms with E-state index >= 15 is 0 Å². The second kappa shape index (κ2) is 6.30. The minimum atomic E-state index is 0.129. The third-order valence-electron chi connectivity index (χ3n) is 4.29. The Morgan fingerprint density at radius 2 is 2.23 bits per heavy atom. The van der Waals surface area contributed by atoms with Gasteiger partial charge in [-0.05, 0) is 36.3 Å². The van der Waals surface area contributed by atoms with Crippen LogP contribution in [0.15, 0.2) is 28.8 Å². The summed E-state index contributed by atoms with van der Waals surface area (Å²) in [6.07, 6.45) is 3.91. The van der Waals surface area contributed by atoms with Gasteiger partial charge in [-0.15, -0.1) is 0 Å². The van der Waals surface area contributed by atoms with Crippen LogP contribution in [0.1, 0.15) is 48.0 Å². The zero-order valence-electron chi connectivity index (χ0n) is 13.1. The van der Waals surface area contributed by atoms with Crippen molar-refractivity contribution in [1.29, 1.82) is 0 Å². The van der Waals surface area contributed by atoms with Crippen molar-refractivity contribution in [2.24, 2.45) is 0 Å². The standard InChI is InChI=1S/C17H21N3O2/c1-12-18-16(19-22-12)11-20(2)17(21)10-14-8-5-7-13-6-3-4-9-15(13)14/h3-4,6,9,14H,5,7-8,10-11H2,1-2H3/t14-/m1/s1. The van der Waals surface area contributed by atoms with Gasteiger partial charge in [0.2, 0.25) is 11.8 Å². The molecule has 1 amide bonds. The van der Waals surface area contributed by atoms with Crippen LogP contribution in [0.3, 0.4) is 0 Å². The van der Waals surface area contributed by atoms with Crippen molar-refractivity contribution in [2.45, 2.75) is 45.1 Å². The second-order valence-electron chi connectivity index (χ2n) is 5.97. The Hall–Kier alpha value is -2.17. The molecule has 1 heterocycles. The maximum absolute atomic E-state index is 12.5. The van der Waals surface area contributed by atoms with E-state index in [1.54, 1.807) is 18.9 Å². The maximum atomic E-state index is 12.5. The molecule has 1 aromatic carbocycles. The van der Waals surface area contributed by atoms with Gasteiger partial charge >= 0.3 is 0 Å². The van der Waals surface area contributed by atoms with E-state index in [0.29, 0.717) is 30.6 Å². The molecule has 1 aromatic heterocycles. The first kappa shape index (κ1) is 14.8. The molecule has 0 saturated carbocycles. The SMILES string of the molecule is Cc1nc(CN(C)C(=O)C[C@H]2CCCc3ccccc32)no1. The number of benzene rings is 1. The number of amides is 1. The minimum absolute atomic E-state index is 0.129. The summed E-state index contributed by atoms with van der Waals surface area (Å²) in [6.45, 7) is 2.14. The summed E-state index contributed by atoms with van der Waals surface area (Å²) < 4.78 is 4.94. The monoisotopic (exact) mass is 299 g/mol. The zero-order valence-corrected chi connectivity index (χ0v) is 13.1. The normalized spacial score (nSPS) is 17.1. The fourth-order valence-electron chi connectivity index (χ4n) is 3.14. The Balaban J connectivity index is 1.64. The Morgan fingerprint density at radius 3 is 3.00 bits per heavy atom. The molecule has 0 aliphatic heterocycles. The summed E-state index contributed by atoms with van der Waals surface area (Å²) >= 11 is 0. The topological polar surface area (TPSA) is 59.2 Å². The summed E-state index contributed by atoms with van der Waals surface area (Å²) in [5, 5.41) is 3.84. The second-order valence-corrected chi connectivity index (χ2v) is 5.97. The highest BCUT2D eigenvalue weighted by molar-refractivity contribution is 5.77. The predicted octanol–water partition coefficient (Wildman–Crippen LogP) is 2.85. The van der Waals surface area contributed by atoms with E-state index in [-0.39, 0.29) is 5.91 Å². The van der Waals surface area contributed by atoms with Gasteiger partial charge in [-0.1, -0.05) is 29.4 Å². The third-order valence-corrected chi connectivity index (χ3v) is 4.29. The number of nitrogens with zero attached hydrogens (tertiary/aromatic N) is 3. The molecule has 0 fully saturated rings. The van der Waals surface area contributed by atoms with Crippen LogP contribution in [-0.4, -0.2) is 28.0 Å². The molecular weight excluding hydrogens is 278 g/mol. The maximum Gasteiger partial charge on any atom is 0.223 e. The molecule has 1 atom stereocenters. The molecule has 0 N–H and O–H groups in total. The molecule has 0 radical (unpaired) electrons. The van der Waals surface area contributed by atoms with Crippen LogP contribution >= 0.6 is 0 Å². The first-order valence-corrected chi connectivity index (χ1v) is 7.74. The van der Waals surface area contributed by atoms with Crippen LogP contribution in [0.4, 0.5) is 0 Å². The van der Waals surface area contributed by atoms with Gasteiger partial charge in [0.1, 0.15) is 0 Å². The van der Waals surface area contributed by atoms with Gasteiger partial charge < -0.3 is 9.42 Å². The van der Waals surface area contributed by atoms with Crippen molar-refractivity contribution in [1.82, 2.24) is 15.0 Å². The van der Waals surface area contributed by atoms with E-state index in [1.807, 2.05) is 0 Å². The highest BCUT2D eigenvalue weighted by atomic mass is 16.5. The van der Waals surface area contributed by atoms with Crippen LogP contribution in [-0.2, 0) is 17.8 Å². The lowest BCUT2D eigenvalue weighted by Crippen LogP contribution is -2.28. The first-order chi connectivity index (χ1) is 10.6. The smallest absolute Gasteiger partial charge is 0.223 e. The van der Waals surface area contributed by atoms with Crippen LogP contribution in [0.5, 0.6) is 0 Å². The molecule has 1 aliphatic rings. The zero-order chi connectivity index (χ0) is 15.5. The summed E-state index contributed by atoms with van der Waals surface area (Å²) in [5.74, 6) is 1.53. The number of carbonyl (C=O) groups excluding carboxylic acids is 1. The van der Waals surface area contributed by atoms with Crippen molar-refractivity contribution in [3.05, 3.63) is 47.1 Å². The average Bonchev–Trinajstić information content (AvgIpc) is 2.92. The summed E-state index contributed by atoms with van der Waals surface area (Å²) in [4.78, 5) is 18.3. The van der Waals surface area contributed by atoms with Crippen molar-refractivity contribution < 1.29 is 9.32 Å². The van der Waals surface area contributed by atoms with E-state index in [0.717, 1.165) is 19.3 Å². The van der Waals surface area contributed by atoms with E-state index < -0.39 is 0 Å². The number of hydrogen-bond acceptors (Lipinski definition) is 4. The summed E-state index contributed by atoms with van der Waals surface area (Å²) in [7, 11) is 1.79. The lowest BCUT2D eigenvalue weighted by molar-refractivity contribution is -0.131. The molecule has 1 aliphatic carbocycles. The molecule has 116 valence electrons. The Bertz CT molecular complexity index is 665. The first-order valence-electron chi connectivity index (χ1n) is 7.74. The number of hydrogen-bond donors (Lipinski definition) is 0. The van der Waals surface area contributed by atoms with Gasteiger partial charge in [0, 0.05) is 20.4 Å². The molecular formula is C17H21N3O2. The number of fused-ring (bicyclic) bond motifs is 1. The van der Waals surface area contributed by atoms with E-state index in [9.17, 15) is 4.79 Å². The number of carbonyl (C=O) groups is 1. The molecule has 2 aromatic rings. The quantitative estimate of drug-likeness (QED) is 0.871. The lowest BCUT2D eigenvalue weighted by Gasteiger charge is -2.26. The molecule has 5 nitrogen and oxygen atoms in total. The average molecular weight is 299 g/mol. The Kier molecular flexibility index (Phi) is 4.22. The van der Waals surface area contributed by atoms with E-state index in [2.05, 4.69) is 34.4 Å². The number of aryl methyl sites for hydroxylation is 2. The molecule has 5 heteroatoms. The van der Waals surface area contributed by atoms with Crippen LogP contribution < -0.4 is 0 Å². The Labute approximate surface area is 130 Å². The van der Waals surface area contributed by atoms with Gasteiger partial charge in [0.15, 0.2) is 5.82 Å². The Morgan fingerprint density at radius 1 is 1.41 bits per heavy atom. The fourth-order valence-corrected chi connectivity index (χ4v) is 3.14. The van der Waals surface area contributed by atoms with Gasteiger partial charge in [0.25, 0.3) is 0 Å². The van der Waals surface area contributed by atoms with E-state index in [4.69, 9.17) is 4.52 Å². The summed E-state index contributed by atoms with van der Waals surface area (Å²) in [5.41, 5.74) is 2.73. The fraction of sp³-hybridized carbons (Fsp3) is 0.471. The summed E-state index contributed by atoms with van der Waals surface area (Å²) in [6, 6.07) is 8.48. The van der Waals surface area contributed by atoms with Gasteiger partial charge in [-0.3, -0.25) is 4.79 Å². The molecule has 0 saturated heterocycles. The van der Waals surface area contributed by atoms with Crippen LogP contribution in [0.2, 0.25) is 0 Å². The molecule has 0 unspecified atom stereocenters. The van der Waals surface area contributed by atoms with E-state index in [1.165, 1.54) is 11.1 Å². The number of aromatic nitrogens is 2. The minimum Gasteiger partial charge on any atom is -0.340 e. The van der Waals surface area contributed by atoms with Crippen LogP contribution in [0.25, 0.3) is 0 Å². The predicted molar refractivity (Wildman–Crippen MR) is 82.2 cm³/mol. The largest absolute Gasteiger partial charge is 0.340 e. The van der Waals surface area contributed by atoms with Crippen molar-refractivity contribution in [2.75, 3.05) is 7.05 Å². The molecule has 0 spiro atoms. The third kappa shape index (κ3) is 3.18. The van der Waals surface area contributed by atoms with Gasteiger partial charge in [0.05, 0.1) is 6.54 Å². The van der Waals surface area contributed by atoms with Crippen LogP contribution in [0, 0.1) is 6.92 Å². The van der Waals surface area contributed by atoms with Crippen molar-refractivity contribution >= 4 is 5.91 Å². The van der Waals surface area contributed by atoms with Gasteiger partial charge in [-0.2, -0.15) is 4.98 Å². The highest BCUT2D eigenvalue weighted by Gasteiger charge is 2.24. The molecule has 0 bridgehead atoms. The lowest BCUT2D eigenvalue weighted by atomic mass is 9.81. The molecule has 3 rings (SSSR count). The highest BCUT2D eigenvalue weighted by Crippen LogP contribution is 2.34. The molecule has 22 heavy (non-hydrogen) atoms. The van der Waals surface area contributed by atoms with Crippen molar-refractivity contribution in [3.8, 4) is 0 Å². The van der Waals surface area contributed by atoms with Crippen molar-refractivity contribution in [3.63, 3.8) is 0 Å². The number of rotatable bonds is 4.